The Hall–Kier alpha value is -1.29. The Morgan fingerprint density at radius 2 is 2.00 bits per heavy atom. The minimum Gasteiger partial charge on any atom is -0.228 e. The van der Waals surface area contributed by atoms with Crippen LogP contribution in [0.15, 0.2) is 36.5 Å². The summed E-state index contributed by atoms with van der Waals surface area (Å²) in [6.07, 6.45) is 1.40. The standard InChI is InChI=1S/C12H8BrF2N/c13-7-9-4-5-16-12(15)11(9)8-2-1-3-10(14)6-8/h1-6H,7H2. The lowest BCUT2D eigenvalue weighted by Gasteiger charge is -2.07. The molecule has 0 amide bonds. The normalized spacial score (nSPS) is 10.4. The van der Waals surface area contributed by atoms with Gasteiger partial charge in [-0.15, -0.1) is 0 Å². The Bertz CT molecular complexity index is 514. The highest BCUT2D eigenvalue weighted by Crippen LogP contribution is 2.27. The molecule has 0 saturated carbocycles. The predicted octanol–water partition coefficient (Wildman–Crippen LogP) is 3.92. The Balaban J connectivity index is 2.63. The molecule has 0 saturated heterocycles. The SMILES string of the molecule is Fc1cccc(-c2c(CBr)ccnc2F)c1. The van der Waals surface area contributed by atoms with Crippen LogP contribution in [0.4, 0.5) is 8.78 Å². The van der Waals surface area contributed by atoms with Crippen molar-refractivity contribution in [2.24, 2.45) is 0 Å². The molecule has 1 nitrogen and oxygen atoms in total. The summed E-state index contributed by atoms with van der Waals surface area (Å²) in [7, 11) is 0. The summed E-state index contributed by atoms with van der Waals surface area (Å²) in [6, 6.07) is 7.54. The van der Waals surface area contributed by atoms with Crippen LogP contribution in [0.25, 0.3) is 11.1 Å². The zero-order valence-electron chi connectivity index (χ0n) is 8.25. The van der Waals surface area contributed by atoms with Gasteiger partial charge >= 0.3 is 0 Å². The minimum atomic E-state index is -0.581. The Labute approximate surface area is 100 Å². The first-order valence-corrected chi connectivity index (χ1v) is 5.80. The second-order valence-electron chi connectivity index (χ2n) is 3.28. The zero-order valence-corrected chi connectivity index (χ0v) is 9.84. The Morgan fingerprint density at radius 3 is 2.69 bits per heavy atom. The summed E-state index contributed by atoms with van der Waals surface area (Å²) in [5, 5.41) is 0.498. The van der Waals surface area contributed by atoms with E-state index in [0.29, 0.717) is 16.5 Å². The third-order valence-electron chi connectivity index (χ3n) is 2.25. The molecule has 1 heterocycles. The topological polar surface area (TPSA) is 12.9 Å². The fraction of sp³-hybridized carbons (Fsp3) is 0.0833. The molecule has 0 aliphatic heterocycles. The van der Waals surface area contributed by atoms with E-state index in [-0.39, 0.29) is 5.82 Å². The van der Waals surface area contributed by atoms with Crippen molar-refractivity contribution >= 4 is 15.9 Å². The van der Waals surface area contributed by atoms with E-state index >= 15 is 0 Å². The van der Waals surface area contributed by atoms with Crippen LogP contribution in [0.3, 0.4) is 0 Å². The lowest BCUT2D eigenvalue weighted by Crippen LogP contribution is -1.94. The Kier molecular flexibility index (Phi) is 3.29. The number of rotatable bonds is 2. The van der Waals surface area contributed by atoms with Gasteiger partial charge in [0.1, 0.15) is 5.82 Å². The van der Waals surface area contributed by atoms with Crippen LogP contribution in [0.1, 0.15) is 5.56 Å². The summed E-state index contributed by atoms with van der Waals surface area (Å²) >= 11 is 3.27. The summed E-state index contributed by atoms with van der Waals surface area (Å²) < 4.78 is 26.7. The van der Waals surface area contributed by atoms with Gasteiger partial charge in [-0.1, -0.05) is 28.1 Å². The van der Waals surface area contributed by atoms with Gasteiger partial charge < -0.3 is 0 Å². The van der Waals surface area contributed by atoms with Gasteiger partial charge in [-0.25, -0.2) is 9.37 Å². The van der Waals surface area contributed by atoms with E-state index in [4.69, 9.17) is 0 Å². The lowest BCUT2D eigenvalue weighted by atomic mass is 10.0. The van der Waals surface area contributed by atoms with Crippen LogP contribution in [-0.4, -0.2) is 4.98 Å². The molecule has 1 aromatic carbocycles. The molecule has 2 rings (SSSR count). The molecule has 0 unspecified atom stereocenters. The number of alkyl halides is 1. The first kappa shape index (κ1) is 11.2. The highest BCUT2D eigenvalue weighted by atomic mass is 79.9. The van der Waals surface area contributed by atoms with Crippen molar-refractivity contribution in [1.29, 1.82) is 0 Å². The molecule has 0 spiro atoms. The van der Waals surface area contributed by atoms with E-state index in [1.165, 1.54) is 18.3 Å². The molecular weight excluding hydrogens is 276 g/mol. The maximum atomic E-state index is 13.6. The van der Waals surface area contributed by atoms with Gasteiger partial charge in [0.2, 0.25) is 5.95 Å². The molecule has 0 fully saturated rings. The van der Waals surface area contributed by atoms with E-state index in [1.807, 2.05) is 0 Å². The van der Waals surface area contributed by atoms with Gasteiger partial charge in [0.25, 0.3) is 0 Å². The van der Waals surface area contributed by atoms with E-state index in [2.05, 4.69) is 20.9 Å². The van der Waals surface area contributed by atoms with Gasteiger partial charge in [-0.2, -0.15) is 4.39 Å². The molecule has 0 atom stereocenters. The second kappa shape index (κ2) is 4.70. The van der Waals surface area contributed by atoms with Crippen LogP contribution in [-0.2, 0) is 5.33 Å². The monoisotopic (exact) mass is 283 g/mol. The summed E-state index contributed by atoms with van der Waals surface area (Å²) in [6.45, 7) is 0. The molecule has 0 radical (unpaired) electrons. The average molecular weight is 284 g/mol. The molecule has 4 heteroatoms. The number of hydrogen-bond acceptors (Lipinski definition) is 1. The molecular formula is C12H8BrF2N. The van der Waals surface area contributed by atoms with E-state index < -0.39 is 5.95 Å². The number of pyridine rings is 1. The van der Waals surface area contributed by atoms with Crippen LogP contribution >= 0.6 is 15.9 Å². The maximum Gasteiger partial charge on any atom is 0.221 e. The van der Waals surface area contributed by atoms with Gasteiger partial charge in [0.05, 0.1) is 0 Å². The molecule has 1 aromatic heterocycles. The van der Waals surface area contributed by atoms with Crippen LogP contribution in [0.2, 0.25) is 0 Å². The quantitative estimate of drug-likeness (QED) is 0.601. The van der Waals surface area contributed by atoms with Crippen molar-refractivity contribution in [1.82, 2.24) is 4.98 Å². The molecule has 0 aliphatic rings. The summed E-state index contributed by atoms with van der Waals surface area (Å²) in [5.74, 6) is -0.969. The van der Waals surface area contributed by atoms with E-state index in [1.54, 1.807) is 18.2 Å². The number of halogens is 3. The molecule has 0 aliphatic carbocycles. The fourth-order valence-corrected chi connectivity index (χ4v) is 2.00. The van der Waals surface area contributed by atoms with E-state index in [0.717, 1.165) is 5.56 Å². The number of benzene rings is 1. The summed E-state index contributed by atoms with van der Waals surface area (Å²) in [5.41, 5.74) is 1.59. The minimum absolute atomic E-state index is 0.346. The molecule has 0 bridgehead atoms. The lowest BCUT2D eigenvalue weighted by molar-refractivity contribution is 0.586. The van der Waals surface area contributed by atoms with E-state index in [9.17, 15) is 8.78 Å². The van der Waals surface area contributed by atoms with Crippen molar-refractivity contribution in [3.8, 4) is 11.1 Å². The van der Waals surface area contributed by atoms with Crippen LogP contribution in [0.5, 0.6) is 0 Å². The predicted molar refractivity (Wildman–Crippen MR) is 62.2 cm³/mol. The number of nitrogens with zero attached hydrogens (tertiary/aromatic N) is 1. The zero-order chi connectivity index (χ0) is 11.5. The molecule has 16 heavy (non-hydrogen) atoms. The fourth-order valence-electron chi connectivity index (χ4n) is 1.53. The summed E-state index contributed by atoms with van der Waals surface area (Å²) in [4.78, 5) is 3.58. The highest BCUT2D eigenvalue weighted by Gasteiger charge is 2.11. The smallest absolute Gasteiger partial charge is 0.221 e. The van der Waals surface area contributed by atoms with Crippen LogP contribution < -0.4 is 0 Å². The van der Waals surface area contributed by atoms with Crippen molar-refractivity contribution in [3.63, 3.8) is 0 Å². The third kappa shape index (κ3) is 2.11. The van der Waals surface area contributed by atoms with Crippen molar-refractivity contribution < 1.29 is 8.78 Å². The number of aromatic nitrogens is 1. The third-order valence-corrected chi connectivity index (χ3v) is 2.85. The van der Waals surface area contributed by atoms with Gasteiger partial charge in [-0.05, 0) is 29.3 Å². The first-order valence-electron chi connectivity index (χ1n) is 4.67. The van der Waals surface area contributed by atoms with Gasteiger partial charge in [0.15, 0.2) is 0 Å². The molecule has 0 N–H and O–H groups in total. The van der Waals surface area contributed by atoms with Gasteiger partial charge in [0, 0.05) is 17.1 Å². The number of hydrogen-bond donors (Lipinski definition) is 0. The average Bonchev–Trinajstić information content (AvgIpc) is 2.28. The first-order chi connectivity index (χ1) is 7.72. The van der Waals surface area contributed by atoms with Crippen molar-refractivity contribution in [2.75, 3.05) is 0 Å². The largest absolute Gasteiger partial charge is 0.228 e. The van der Waals surface area contributed by atoms with Crippen LogP contribution in [0, 0.1) is 11.8 Å². The Morgan fingerprint density at radius 1 is 1.19 bits per heavy atom. The highest BCUT2D eigenvalue weighted by molar-refractivity contribution is 9.08. The molecule has 82 valence electrons. The van der Waals surface area contributed by atoms with Crippen molar-refractivity contribution in [3.05, 3.63) is 53.9 Å². The molecule has 2 aromatic rings. The van der Waals surface area contributed by atoms with Gasteiger partial charge in [-0.3, -0.25) is 0 Å². The maximum absolute atomic E-state index is 13.6. The second-order valence-corrected chi connectivity index (χ2v) is 3.84. The van der Waals surface area contributed by atoms with Crippen molar-refractivity contribution in [2.45, 2.75) is 5.33 Å².